The Balaban J connectivity index is 0.820. The fourth-order valence-corrected chi connectivity index (χ4v) is 14.3. The molecule has 83 heavy (non-hydrogen) atoms. The first kappa shape index (κ1) is 44.7. The van der Waals surface area contributed by atoms with Gasteiger partial charge in [-0.1, -0.05) is 188 Å². The summed E-state index contributed by atoms with van der Waals surface area (Å²) in [5, 5.41) is 19.2. The van der Waals surface area contributed by atoms with Gasteiger partial charge in [0.2, 0.25) is 0 Å². The number of fused-ring (bicyclic) bond motifs is 21. The molecule has 0 bridgehead atoms. The maximum absolute atomic E-state index is 6.65. The van der Waals surface area contributed by atoms with Gasteiger partial charge >= 0.3 is 0 Å². The quantitative estimate of drug-likeness (QED) is 0.161. The van der Waals surface area contributed by atoms with Crippen LogP contribution in [0.5, 0.6) is 0 Å². The number of hydrogen-bond donors (Lipinski definition) is 0. The maximum Gasteiger partial charge on any atom is 0.159 e. The second-order valence-electron chi connectivity index (χ2n) is 22.3. The van der Waals surface area contributed by atoms with Crippen LogP contribution in [-0.2, 0) is 0 Å². The third kappa shape index (κ3) is 6.25. The van der Waals surface area contributed by atoms with Gasteiger partial charge in [-0.05, 0) is 140 Å². The average Bonchev–Trinajstić information content (AvgIpc) is 4.49. The summed E-state index contributed by atoms with van der Waals surface area (Å²) in [4.78, 5) is 0. The number of benzene rings is 14. The molecule has 0 atom stereocenters. The standard InChI is InChI=1S/C78H45N3O2/c1-2-17-53-51(15-1)52-16-3-4-18-54(52)64-45-50(35-38-55(53)64)79-73-43-48(46-33-39-69-65(41-46)56-19-5-9-25-67(56)80(69)71-27-13-23-62-60-21-7-11-29-75(60)82-77(62)71)31-36-58(73)59-37-32-49(44-74(59)79)47-34-40-70-66(42-47)57-20-6-10-26-68(57)81(70)72-28-14-24-63-61-22-8-12-30-76(61)83-78(63)72/h1-45H. The predicted molar refractivity (Wildman–Crippen MR) is 347 cm³/mol. The molecule has 5 heterocycles. The minimum Gasteiger partial charge on any atom is -0.454 e. The highest BCUT2D eigenvalue weighted by atomic mass is 16.3. The van der Waals surface area contributed by atoms with Gasteiger partial charge in [0.25, 0.3) is 0 Å². The van der Waals surface area contributed by atoms with Gasteiger partial charge in [0, 0.05) is 59.5 Å². The van der Waals surface area contributed by atoms with Gasteiger partial charge in [-0.25, -0.2) is 0 Å². The van der Waals surface area contributed by atoms with E-state index in [0.717, 1.165) is 116 Å². The molecule has 0 fully saturated rings. The lowest BCUT2D eigenvalue weighted by Crippen LogP contribution is -1.95. The van der Waals surface area contributed by atoms with E-state index < -0.39 is 0 Å². The zero-order valence-electron chi connectivity index (χ0n) is 44.6. The van der Waals surface area contributed by atoms with Gasteiger partial charge in [-0.2, -0.15) is 0 Å². The summed E-state index contributed by atoms with van der Waals surface area (Å²) < 4.78 is 20.6. The summed E-state index contributed by atoms with van der Waals surface area (Å²) in [5.41, 5.74) is 18.2. The smallest absolute Gasteiger partial charge is 0.159 e. The molecule has 384 valence electrons. The van der Waals surface area contributed by atoms with E-state index in [1.54, 1.807) is 0 Å². The van der Waals surface area contributed by atoms with Crippen LogP contribution in [0.4, 0.5) is 0 Å². The number of aromatic nitrogens is 3. The zero-order valence-corrected chi connectivity index (χ0v) is 44.6. The molecule has 0 radical (unpaired) electrons. The van der Waals surface area contributed by atoms with Gasteiger partial charge in [-0.3, -0.25) is 0 Å². The van der Waals surface area contributed by atoms with E-state index in [4.69, 9.17) is 8.83 Å². The van der Waals surface area contributed by atoms with E-state index in [-0.39, 0.29) is 0 Å². The largest absolute Gasteiger partial charge is 0.454 e. The third-order valence-electron chi connectivity index (χ3n) is 18.0. The van der Waals surface area contributed by atoms with E-state index >= 15 is 0 Å². The van der Waals surface area contributed by atoms with Gasteiger partial charge in [0.1, 0.15) is 11.2 Å². The normalized spacial score (nSPS) is 12.3. The Morgan fingerprint density at radius 1 is 0.193 bits per heavy atom. The molecule has 0 saturated heterocycles. The van der Waals surface area contributed by atoms with Crippen molar-refractivity contribution in [3.63, 3.8) is 0 Å². The molecule has 0 saturated carbocycles. The van der Waals surface area contributed by atoms with E-state index in [0.29, 0.717) is 0 Å². The molecular formula is C78H45N3O2. The second kappa shape index (κ2) is 16.7. The van der Waals surface area contributed by atoms with Crippen LogP contribution in [0.2, 0.25) is 0 Å². The minimum atomic E-state index is 0.887. The fourth-order valence-electron chi connectivity index (χ4n) is 14.3. The number of hydrogen-bond acceptors (Lipinski definition) is 2. The first-order chi connectivity index (χ1) is 41.2. The zero-order chi connectivity index (χ0) is 54.0. The monoisotopic (exact) mass is 1060 g/mol. The van der Waals surface area contributed by atoms with Crippen molar-refractivity contribution in [2.24, 2.45) is 0 Å². The van der Waals surface area contributed by atoms with Gasteiger partial charge in [0.15, 0.2) is 11.2 Å². The molecule has 0 amide bonds. The molecule has 0 aliphatic heterocycles. The number of furan rings is 2. The molecule has 0 aliphatic carbocycles. The Hall–Kier alpha value is -11.1. The van der Waals surface area contributed by atoms with E-state index in [1.807, 2.05) is 12.1 Å². The van der Waals surface area contributed by atoms with Crippen LogP contribution >= 0.6 is 0 Å². The molecule has 5 nitrogen and oxygen atoms in total. The molecule has 0 aliphatic rings. The van der Waals surface area contributed by atoms with Crippen molar-refractivity contribution in [3.8, 4) is 39.3 Å². The van der Waals surface area contributed by atoms with Gasteiger partial charge in [0.05, 0.1) is 44.5 Å². The van der Waals surface area contributed by atoms with Crippen molar-refractivity contribution in [2.45, 2.75) is 0 Å². The number of nitrogens with zero attached hydrogens (tertiary/aromatic N) is 3. The Bertz CT molecular complexity index is 5690. The van der Waals surface area contributed by atoms with E-state index in [2.05, 4.69) is 275 Å². The second-order valence-corrected chi connectivity index (χ2v) is 22.3. The van der Waals surface area contributed by atoms with Gasteiger partial charge in [-0.15, -0.1) is 0 Å². The van der Waals surface area contributed by atoms with Crippen LogP contribution in [0.1, 0.15) is 0 Å². The molecule has 5 aromatic heterocycles. The van der Waals surface area contributed by atoms with Gasteiger partial charge < -0.3 is 22.5 Å². The van der Waals surface area contributed by atoms with E-state index in [1.165, 1.54) is 64.6 Å². The highest BCUT2D eigenvalue weighted by Crippen LogP contribution is 2.45. The number of rotatable bonds is 5. The molecule has 19 rings (SSSR count). The summed E-state index contributed by atoms with van der Waals surface area (Å²) in [6.45, 7) is 0. The SMILES string of the molecule is c1ccc2c(c1)oc1c(-n3c4ccccc4c4cc(-c5ccc6c7ccc(-c8ccc9c(c8)c8ccccc8n9-c8cccc9c8oc8ccccc89)cc7n(-c7ccc8c9ccccc9c9ccccc9c8c7)c6c5)ccc43)cccc12. The van der Waals surface area contributed by atoms with Crippen molar-refractivity contribution in [2.75, 3.05) is 0 Å². The van der Waals surface area contributed by atoms with Crippen molar-refractivity contribution >= 4 is 142 Å². The van der Waals surface area contributed by atoms with Crippen LogP contribution in [-0.4, -0.2) is 13.7 Å². The lowest BCUT2D eigenvalue weighted by Gasteiger charge is -2.14. The Kier molecular flexibility index (Phi) is 9.00. The topological polar surface area (TPSA) is 41.1 Å². The summed E-state index contributed by atoms with van der Waals surface area (Å²) in [7, 11) is 0. The highest BCUT2D eigenvalue weighted by molar-refractivity contribution is 6.26. The number of para-hydroxylation sites is 6. The first-order valence-electron chi connectivity index (χ1n) is 28.5. The van der Waals surface area contributed by atoms with Crippen LogP contribution in [0.3, 0.4) is 0 Å². The van der Waals surface area contributed by atoms with Crippen LogP contribution < -0.4 is 0 Å². The third-order valence-corrected chi connectivity index (χ3v) is 18.0. The highest BCUT2D eigenvalue weighted by Gasteiger charge is 2.23. The summed E-state index contributed by atoms with van der Waals surface area (Å²) in [6, 6.07) is 100. The van der Waals surface area contributed by atoms with Crippen molar-refractivity contribution in [3.05, 3.63) is 273 Å². The molecular weight excluding hydrogens is 1010 g/mol. The molecule has 14 aromatic carbocycles. The summed E-state index contributed by atoms with van der Waals surface area (Å²) in [6.07, 6.45) is 0. The molecule has 5 heteroatoms. The van der Waals surface area contributed by atoms with Crippen molar-refractivity contribution < 1.29 is 8.83 Å². The Morgan fingerprint density at radius 3 is 1.04 bits per heavy atom. The van der Waals surface area contributed by atoms with E-state index in [9.17, 15) is 0 Å². The average molecular weight is 1060 g/mol. The minimum absolute atomic E-state index is 0.887. The molecule has 0 N–H and O–H groups in total. The first-order valence-corrected chi connectivity index (χ1v) is 28.5. The Morgan fingerprint density at radius 2 is 0.542 bits per heavy atom. The molecule has 19 aromatic rings. The Labute approximate surface area is 473 Å². The molecule has 0 spiro atoms. The summed E-state index contributed by atoms with van der Waals surface area (Å²) >= 11 is 0. The van der Waals surface area contributed by atoms with Crippen LogP contribution in [0, 0.1) is 0 Å². The van der Waals surface area contributed by atoms with Crippen LogP contribution in [0.25, 0.3) is 181 Å². The molecule has 0 unspecified atom stereocenters. The van der Waals surface area contributed by atoms with Crippen molar-refractivity contribution in [1.29, 1.82) is 0 Å². The fraction of sp³-hybridized carbons (Fsp3) is 0. The lowest BCUT2D eigenvalue weighted by atomic mass is 9.94. The lowest BCUT2D eigenvalue weighted by molar-refractivity contribution is 0.666. The van der Waals surface area contributed by atoms with Crippen molar-refractivity contribution in [1.82, 2.24) is 13.7 Å². The van der Waals surface area contributed by atoms with Crippen LogP contribution in [0.15, 0.2) is 282 Å². The summed E-state index contributed by atoms with van der Waals surface area (Å²) in [5.74, 6) is 0. The predicted octanol–water partition coefficient (Wildman–Crippen LogP) is 21.6. The maximum atomic E-state index is 6.65.